The van der Waals surface area contributed by atoms with Crippen molar-refractivity contribution in [3.8, 4) is 22.8 Å². The van der Waals surface area contributed by atoms with Crippen LogP contribution in [-0.4, -0.2) is 71.2 Å². The zero-order chi connectivity index (χ0) is 20.1. The van der Waals surface area contributed by atoms with E-state index >= 15 is 0 Å². The molecule has 1 fully saturated rings. The fourth-order valence-electron chi connectivity index (χ4n) is 3.27. The van der Waals surface area contributed by atoms with Crippen molar-refractivity contribution in [2.75, 3.05) is 51.6 Å². The molecule has 1 saturated heterocycles. The van der Waals surface area contributed by atoms with Crippen LogP contribution in [-0.2, 0) is 0 Å². The number of piperazine rings is 1. The zero-order valence-corrected chi connectivity index (χ0v) is 16.5. The molecule has 3 aromatic rings. The van der Waals surface area contributed by atoms with Crippen molar-refractivity contribution >= 4 is 5.82 Å². The van der Waals surface area contributed by atoms with Crippen molar-refractivity contribution in [3.63, 3.8) is 0 Å². The van der Waals surface area contributed by atoms with Gasteiger partial charge in [0.05, 0.1) is 5.56 Å². The van der Waals surface area contributed by atoms with E-state index in [1.807, 2.05) is 12.1 Å². The van der Waals surface area contributed by atoms with E-state index in [0.717, 1.165) is 57.1 Å². The van der Waals surface area contributed by atoms with Crippen LogP contribution in [0.5, 0.6) is 0 Å². The van der Waals surface area contributed by atoms with E-state index in [0.29, 0.717) is 17.3 Å². The highest BCUT2D eigenvalue weighted by atomic mass is 19.1. The minimum Gasteiger partial charge on any atom is -0.370 e. The summed E-state index contributed by atoms with van der Waals surface area (Å²) in [4.78, 5) is 13.7. The van der Waals surface area contributed by atoms with Crippen LogP contribution in [0.1, 0.15) is 6.42 Å². The molecule has 1 aliphatic heterocycles. The van der Waals surface area contributed by atoms with Crippen molar-refractivity contribution in [2.45, 2.75) is 6.42 Å². The number of likely N-dealkylation sites (N-methyl/N-ethyl adjacent to an activating group) is 1. The van der Waals surface area contributed by atoms with Crippen molar-refractivity contribution in [2.24, 2.45) is 0 Å². The maximum Gasteiger partial charge on any atom is 0.259 e. The van der Waals surface area contributed by atoms with Gasteiger partial charge in [0.1, 0.15) is 11.6 Å². The van der Waals surface area contributed by atoms with Gasteiger partial charge >= 0.3 is 0 Å². The quantitative estimate of drug-likeness (QED) is 0.616. The molecule has 3 heterocycles. The van der Waals surface area contributed by atoms with E-state index in [2.05, 4.69) is 37.3 Å². The molecule has 0 radical (unpaired) electrons. The molecule has 1 N–H and O–H groups in total. The maximum absolute atomic E-state index is 13.0. The van der Waals surface area contributed by atoms with Gasteiger partial charge in [-0.1, -0.05) is 5.16 Å². The number of rotatable bonds is 7. The normalized spacial score (nSPS) is 15.5. The summed E-state index contributed by atoms with van der Waals surface area (Å²) in [7, 11) is 2.17. The van der Waals surface area contributed by atoms with Gasteiger partial charge in [0, 0.05) is 44.5 Å². The highest BCUT2D eigenvalue weighted by molar-refractivity contribution is 5.60. The molecule has 29 heavy (non-hydrogen) atoms. The third-order valence-electron chi connectivity index (χ3n) is 5.09. The third kappa shape index (κ3) is 5.16. The number of nitrogens with zero attached hydrogens (tertiary/aromatic N) is 5. The summed E-state index contributed by atoms with van der Waals surface area (Å²) >= 11 is 0. The molecule has 1 aliphatic rings. The fourth-order valence-corrected chi connectivity index (χ4v) is 3.27. The maximum atomic E-state index is 13.0. The largest absolute Gasteiger partial charge is 0.370 e. The molecular formula is C21H25FN6O. The first kappa shape index (κ1) is 19.5. The summed E-state index contributed by atoms with van der Waals surface area (Å²) in [6.45, 7) is 6.58. The number of benzene rings is 1. The van der Waals surface area contributed by atoms with Crippen molar-refractivity contribution in [3.05, 3.63) is 48.4 Å². The Morgan fingerprint density at radius 3 is 2.52 bits per heavy atom. The molecule has 0 aliphatic carbocycles. The Hall–Kier alpha value is -2.84. The molecule has 0 saturated carbocycles. The average Bonchev–Trinajstić information content (AvgIpc) is 3.24. The van der Waals surface area contributed by atoms with Crippen molar-refractivity contribution in [1.82, 2.24) is 24.9 Å². The van der Waals surface area contributed by atoms with Gasteiger partial charge in [0.15, 0.2) is 0 Å². The van der Waals surface area contributed by atoms with Gasteiger partial charge in [0.2, 0.25) is 5.82 Å². The van der Waals surface area contributed by atoms with Crippen LogP contribution in [0.15, 0.2) is 47.1 Å². The van der Waals surface area contributed by atoms with Crippen molar-refractivity contribution < 1.29 is 8.91 Å². The van der Waals surface area contributed by atoms with Gasteiger partial charge in [-0.2, -0.15) is 4.98 Å². The molecule has 8 heteroatoms. The molecule has 7 nitrogen and oxygen atoms in total. The molecule has 152 valence electrons. The first-order chi connectivity index (χ1) is 14.2. The third-order valence-corrected chi connectivity index (χ3v) is 5.09. The number of nitrogens with one attached hydrogen (secondary N) is 1. The lowest BCUT2D eigenvalue weighted by molar-refractivity contribution is 0.154. The predicted octanol–water partition coefficient (Wildman–Crippen LogP) is 2.99. The first-order valence-corrected chi connectivity index (χ1v) is 9.88. The molecule has 2 aromatic heterocycles. The van der Waals surface area contributed by atoms with Gasteiger partial charge in [0.25, 0.3) is 5.89 Å². The summed E-state index contributed by atoms with van der Waals surface area (Å²) in [5.74, 6) is 1.34. The second kappa shape index (κ2) is 9.11. The number of hydrogen-bond acceptors (Lipinski definition) is 7. The Morgan fingerprint density at radius 1 is 1.03 bits per heavy atom. The molecule has 1 aromatic carbocycles. The Bertz CT molecular complexity index is 904. The van der Waals surface area contributed by atoms with E-state index in [4.69, 9.17) is 4.52 Å². The Kier molecular flexibility index (Phi) is 6.12. The first-order valence-electron chi connectivity index (χ1n) is 9.88. The SMILES string of the molecule is CN1CCN(CCCNc2ccc(-c3nc(-c4ccc(F)cc4)no3)cn2)CC1. The summed E-state index contributed by atoms with van der Waals surface area (Å²) in [6.07, 6.45) is 2.79. The van der Waals surface area contributed by atoms with Crippen molar-refractivity contribution in [1.29, 1.82) is 0 Å². The standard InChI is InChI=1S/C21H25FN6O/c1-27-11-13-28(14-12-27)10-2-9-23-19-8-5-17(15-24-19)21-25-20(26-29-21)16-3-6-18(22)7-4-16/h3-8,15H,2,9-14H2,1H3,(H,23,24). The summed E-state index contributed by atoms with van der Waals surface area (Å²) in [5.41, 5.74) is 1.45. The number of pyridine rings is 1. The van der Waals surface area contributed by atoms with Crippen LogP contribution in [0.2, 0.25) is 0 Å². The lowest BCUT2D eigenvalue weighted by Gasteiger charge is -2.32. The predicted molar refractivity (Wildman–Crippen MR) is 110 cm³/mol. The summed E-state index contributed by atoms with van der Waals surface area (Å²) in [5, 5.41) is 7.32. The number of aromatic nitrogens is 3. The Morgan fingerprint density at radius 2 is 1.79 bits per heavy atom. The van der Waals surface area contributed by atoms with E-state index in [1.54, 1.807) is 18.3 Å². The van der Waals surface area contributed by atoms with E-state index in [-0.39, 0.29) is 5.82 Å². The second-order valence-corrected chi connectivity index (χ2v) is 7.29. The van der Waals surface area contributed by atoms with E-state index in [9.17, 15) is 4.39 Å². The average molecular weight is 396 g/mol. The van der Waals surface area contributed by atoms with Crippen LogP contribution in [0.25, 0.3) is 22.8 Å². The van der Waals surface area contributed by atoms with Gasteiger partial charge in [-0.25, -0.2) is 9.37 Å². The smallest absolute Gasteiger partial charge is 0.259 e. The molecule has 0 atom stereocenters. The number of hydrogen-bond donors (Lipinski definition) is 1. The fraction of sp³-hybridized carbons (Fsp3) is 0.381. The highest BCUT2D eigenvalue weighted by Gasteiger charge is 2.13. The monoisotopic (exact) mass is 396 g/mol. The minimum absolute atomic E-state index is 0.298. The minimum atomic E-state index is -0.298. The van der Waals surface area contributed by atoms with E-state index < -0.39 is 0 Å². The molecule has 4 rings (SSSR count). The number of halogens is 1. The van der Waals surface area contributed by atoms with Crippen LogP contribution < -0.4 is 5.32 Å². The van der Waals surface area contributed by atoms with Crippen LogP contribution in [0.3, 0.4) is 0 Å². The Balaban J connectivity index is 1.27. The molecular weight excluding hydrogens is 371 g/mol. The van der Waals surface area contributed by atoms with Gasteiger partial charge in [-0.15, -0.1) is 0 Å². The lowest BCUT2D eigenvalue weighted by atomic mass is 10.2. The molecule has 0 amide bonds. The van der Waals surface area contributed by atoms with Crippen LogP contribution in [0.4, 0.5) is 10.2 Å². The molecule has 0 unspecified atom stereocenters. The summed E-state index contributed by atoms with van der Waals surface area (Å²) in [6, 6.07) is 9.80. The second-order valence-electron chi connectivity index (χ2n) is 7.29. The van der Waals surface area contributed by atoms with Gasteiger partial charge in [-0.3, -0.25) is 0 Å². The molecule has 0 spiro atoms. The van der Waals surface area contributed by atoms with Crippen LogP contribution >= 0.6 is 0 Å². The summed E-state index contributed by atoms with van der Waals surface area (Å²) < 4.78 is 18.4. The van der Waals surface area contributed by atoms with Gasteiger partial charge in [-0.05, 0) is 56.4 Å². The number of anilines is 1. The topological polar surface area (TPSA) is 70.3 Å². The van der Waals surface area contributed by atoms with E-state index in [1.165, 1.54) is 12.1 Å². The Labute approximate surface area is 169 Å². The lowest BCUT2D eigenvalue weighted by Crippen LogP contribution is -2.44. The van der Waals surface area contributed by atoms with Gasteiger partial charge < -0.3 is 19.6 Å². The molecule has 0 bridgehead atoms. The highest BCUT2D eigenvalue weighted by Crippen LogP contribution is 2.22. The van der Waals surface area contributed by atoms with Crippen LogP contribution in [0, 0.1) is 5.82 Å². The zero-order valence-electron chi connectivity index (χ0n) is 16.5.